The van der Waals surface area contributed by atoms with Crippen LogP contribution in [0.5, 0.6) is 0 Å². The molecule has 7 aromatic rings. The highest BCUT2D eigenvalue weighted by Gasteiger charge is 2.38. The first-order chi connectivity index (χ1) is 21.9. The van der Waals surface area contributed by atoms with Crippen LogP contribution in [0.15, 0.2) is 139 Å². The fourth-order valence-corrected chi connectivity index (χ4v) is 7.08. The Morgan fingerprint density at radius 3 is 2.29 bits per heavy atom. The predicted molar refractivity (Wildman–Crippen MR) is 186 cm³/mol. The molecule has 5 aromatic carbocycles. The molecule has 0 saturated heterocycles. The highest BCUT2D eigenvalue weighted by atomic mass is 15.0. The van der Waals surface area contributed by atoms with Crippen LogP contribution in [-0.2, 0) is 5.41 Å². The molecular weight excluding hydrogens is 550 g/mol. The number of aliphatic imine (C=N–C) groups is 1. The lowest BCUT2D eigenvalue weighted by Crippen LogP contribution is -2.24. The second kappa shape index (κ2) is 10.1. The first kappa shape index (κ1) is 26.8. The number of aromatic nitrogens is 2. The summed E-state index contributed by atoms with van der Waals surface area (Å²) in [6.45, 7) is 4.50. The van der Waals surface area contributed by atoms with E-state index in [-0.39, 0.29) is 11.3 Å². The molecule has 0 amide bonds. The lowest BCUT2D eigenvalue weighted by molar-refractivity contribution is 0.658. The molecule has 1 aliphatic carbocycles. The number of fused-ring (bicyclic) bond motifs is 6. The summed E-state index contributed by atoms with van der Waals surface area (Å²) in [5, 5.41) is 11.3. The van der Waals surface area contributed by atoms with E-state index in [2.05, 4.69) is 73.0 Å². The number of hydrogen-bond acceptors (Lipinski definition) is 2. The first-order valence-electron chi connectivity index (χ1n) is 15.1. The third-order valence-electron chi connectivity index (χ3n) is 9.12. The Labute approximate surface area is 261 Å². The number of rotatable bonds is 4. The third-order valence-corrected chi connectivity index (χ3v) is 9.12. The second-order valence-corrected chi connectivity index (χ2v) is 12.1. The largest absolute Gasteiger partial charge is 0.383 e. The zero-order chi connectivity index (χ0) is 30.7. The third kappa shape index (κ3) is 4.12. The quantitative estimate of drug-likeness (QED) is 0.161. The monoisotopic (exact) mass is 581 g/mol. The van der Waals surface area contributed by atoms with Crippen LogP contribution in [0.4, 0.5) is 0 Å². The molecule has 5 nitrogen and oxygen atoms in total. The van der Waals surface area contributed by atoms with Crippen LogP contribution in [0.25, 0.3) is 49.9 Å². The molecular formula is C40H31N5. The van der Waals surface area contributed by atoms with Crippen molar-refractivity contribution in [3.8, 4) is 27.9 Å². The van der Waals surface area contributed by atoms with Gasteiger partial charge in [0.05, 0.1) is 5.52 Å². The average Bonchev–Trinajstić information content (AvgIpc) is 3.53. The van der Waals surface area contributed by atoms with Crippen molar-refractivity contribution in [3.63, 3.8) is 0 Å². The van der Waals surface area contributed by atoms with Gasteiger partial charge < -0.3 is 5.73 Å². The topological polar surface area (TPSA) is 80.1 Å². The van der Waals surface area contributed by atoms with E-state index >= 15 is 0 Å². The molecule has 45 heavy (non-hydrogen) atoms. The minimum absolute atomic E-state index is 0.138. The van der Waals surface area contributed by atoms with Gasteiger partial charge in [-0.25, -0.2) is 9.98 Å². The van der Waals surface area contributed by atoms with Gasteiger partial charge in [0, 0.05) is 39.2 Å². The lowest BCUT2D eigenvalue weighted by atomic mass is 9.80. The number of benzene rings is 5. The van der Waals surface area contributed by atoms with Gasteiger partial charge in [-0.3, -0.25) is 9.98 Å². The first-order valence-corrected chi connectivity index (χ1v) is 15.1. The van der Waals surface area contributed by atoms with Crippen LogP contribution in [0.1, 0.15) is 36.1 Å². The smallest absolute Gasteiger partial charge is 0.154 e. The second-order valence-electron chi connectivity index (χ2n) is 12.1. The molecule has 0 fully saturated rings. The summed E-state index contributed by atoms with van der Waals surface area (Å²) in [7, 11) is 0. The van der Waals surface area contributed by atoms with E-state index in [9.17, 15) is 0 Å². The molecule has 8 rings (SSSR count). The molecule has 0 atom stereocenters. The fraction of sp³-hybridized carbons (Fsp3) is 0.0750. The van der Waals surface area contributed by atoms with E-state index < -0.39 is 0 Å². The van der Waals surface area contributed by atoms with E-state index in [1.165, 1.54) is 16.5 Å². The molecule has 2 heterocycles. The van der Waals surface area contributed by atoms with Gasteiger partial charge in [-0.15, -0.1) is 0 Å². The van der Waals surface area contributed by atoms with Crippen molar-refractivity contribution in [2.75, 3.05) is 0 Å². The van der Waals surface area contributed by atoms with E-state index in [0.29, 0.717) is 5.84 Å². The van der Waals surface area contributed by atoms with Crippen molar-refractivity contribution in [1.82, 2.24) is 9.55 Å². The van der Waals surface area contributed by atoms with Crippen molar-refractivity contribution in [2.45, 2.75) is 19.3 Å². The Morgan fingerprint density at radius 2 is 1.42 bits per heavy atom. The van der Waals surface area contributed by atoms with Gasteiger partial charge in [0.1, 0.15) is 11.5 Å². The summed E-state index contributed by atoms with van der Waals surface area (Å²) in [5.74, 6) is 0.478. The van der Waals surface area contributed by atoms with Gasteiger partial charge in [-0.05, 0) is 63.7 Å². The Morgan fingerprint density at radius 1 is 0.711 bits per heavy atom. The average molecular weight is 582 g/mol. The Kier molecular flexibility index (Phi) is 6.03. The van der Waals surface area contributed by atoms with Crippen molar-refractivity contribution in [1.29, 1.82) is 5.41 Å². The molecule has 0 saturated carbocycles. The van der Waals surface area contributed by atoms with Crippen molar-refractivity contribution < 1.29 is 0 Å². The highest BCUT2D eigenvalue weighted by molar-refractivity contribution is 6.13. The van der Waals surface area contributed by atoms with Crippen molar-refractivity contribution in [3.05, 3.63) is 156 Å². The van der Waals surface area contributed by atoms with Gasteiger partial charge in [0.25, 0.3) is 0 Å². The van der Waals surface area contributed by atoms with E-state index in [0.717, 1.165) is 55.6 Å². The lowest BCUT2D eigenvalue weighted by Gasteiger charge is -2.24. The molecule has 0 radical (unpaired) electrons. The van der Waals surface area contributed by atoms with E-state index in [4.69, 9.17) is 21.1 Å². The molecule has 2 aromatic heterocycles. The van der Waals surface area contributed by atoms with Gasteiger partial charge in [-0.1, -0.05) is 111 Å². The molecule has 3 N–H and O–H groups in total. The van der Waals surface area contributed by atoms with Crippen molar-refractivity contribution in [2.24, 2.45) is 10.7 Å². The Hall–Kier alpha value is -5.81. The zero-order valence-electron chi connectivity index (χ0n) is 25.1. The van der Waals surface area contributed by atoms with Gasteiger partial charge in [0.2, 0.25) is 0 Å². The standard InChI is InChI=1S/C40H31N5/c1-40(2)34-24-26(45-35-20-9-8-15-29(35)32-19-11-23-43-39(32)45)21-22-28(34)30-17-10-18-33(36(30)40)38(42)44-37(41)31-16-7-6-14-27(31)25-12-4-3-5-13-25/h3-24H,1-2H3,(H3,41,42,44). The Bertz CT molecular complexity index is 2270. The molecule has 1 aliphatic rings. The van der Waals surface area contributed by atoms with Crippen LogP contribution in [0, 0.1) is 5.41 Å². The molecule has 0 unspecified atom stereocenters. The number of nitrogens with one attached hydrogen (secondary N) is 1. The summed E-state index contributed by atoms with van der Waals surface area (Å²) in [5.41, 5.74) is 17.9. The summed E-state index contributed by atoms with van der Waals surface area (Å²) in [6.07, 6.45) is 1.86. The van der Waals surface area contributed by atoms with E-state index in [1.54, 1.807) is 0 Å². The maximum absolute atomic E-state index is 8.99. The summed E-state index contributed by atoms with van der Waals surface area (Å²) < 4.78 is 2.26. The number of nitrogens with zero attached hydrogens (tertiary/aromatic N) is 3. The summed E-state index contributed by atoms with van der Waals surface area (Å²) in [4.78, 5) is 9.49. The van der Waals surface area contributed by atoms with Crippen LogP contribution in [-0.4, -0.2) is 21.2 Å². The number of hydrogen-bond donors (Lipinski definition) is 2. The van der Waals surface area contributed by atoms with Gasteiger partial charge >= 0.3 is 0 Å². The number of nitrogens with two attached hydrogens (primary N) is 1. The van der Waals surface area contributed by atoms with E-state index in [1.807, 2.05) is 79.0 Å². The SMILES string of the molecule is CC1(C)c2cc(-n3c4ccccc4c4cccnc43)ccc2-c2cccc(/C(N)=N/C(=N)c3ccccc3-c3ccccc3)c21. The number of amidine groups is 2. The van der Waals surface area contributed by atoms with Crippen LogP contribution in [0.2, 0.25) is 0 Å². The molecule has 216 valence electrons. The zero-order valence-corrected chi connectivity index (χ0v) is 25.1. The molecule has 0 aliphatic heterocycles. The number of para-hydroxylation sites is 1. The minimum Gasteiger partial charge on any atom is -0.383 e. The summed E-state index contributed by atoms with van der Waals surface area (Å²) in [6, 6.07) is 43.5. The van der Waals surface area contributed by atoms with Crippen LogP contribution in [0.3, 0.4) is 0 Å². The van der Waals surface area contributed by atoms with Crippen LogP contribution >= 0.6 is 0 Å². The fourth-order valence-electron chi connectivity index (χ4n) is 7.08. The summed E-state index contributed by atoms with van der Waals surface area (Å²) >= 11 is 0. The van der Waals surface area contributed by atoms with Gasteiger partial charge in [0.15, 0.2) is 5.84 Å². The maximum Gasteiger partial charge on any atom is 0.154 e. The maximum atomic E-state index is 8.99. The molecule has 0 spiro atoms. The Balaban J connectivity index is 1.23. The number of pyridine rings is 1. The molecule has 5 heteroatoms. The minimum atomic E-state index is -0.353. The van der Waals surface area contributed by atoms with Gasteiger partial charge in [-0.2, -0.15) is 0 Å². The molecule has 0 bridgehead atoms. The highest BCUT2D eigenvalue weighted by Crippen LogP contribution is 2.51. The predicted octanol–water partition coefficient (Wildman–Crippen LogP) is 8.88. The van der Waals surface area contributed by atoms with Crippen LogP contribution < -0.4 is 5.73 Å². The normalized spacial score (nSPS) is 13.6. The van der Waals surface area contributed by atoms with Crippen molar-refractivity contribution >= 4 is 33.6 Å².